The smallest absolute Gasteiger partial charge is 0.254 e. The van der Waals surface area contributed by atoms with Gasteiger partial charge in [-0.25, -0.2) is 4.98 Å². The molecule has 2 aromatic heterocycles. The van der Waals surface area contributed by atoms with E-state index in [0.29, 0.717) is 18.0 Å². The molecule has 6 nitrogen and oxygen atoms in total. The average Bonchev–Trinajstić information content (AvgIpc) is 3.07. The summed E-state index contributed by atoms with van der Waals surface area (Å²) in [6.07, 6.45) is 7.47. The third-order valence-electron chi connectivity index (χ3n) is 4.64. The van der Waals surface area contributed by atoms with Crippen LogP contribution >= 0.6 is 0 Å². The van der Waals surface area contributed by atoms with Gasteiger partial charge in [0.15, 0.2) is 0 Å². The Labute approximate surface area is 141 Å². The van der Waals surface area contributed by atoms with Gasteiger partial charge in [0.05, 0.1) is 6.04 Å². The van der Waals surface area contributed by atoms with Gasteiger partial charge in [-0.15, -0.1) is 0 Å². The molecule has 1 aliphatic heterocycles. The number of nitrogens with zero attached hydrogens (tertiary/aromatic N) is 4. The summed E-state index contributed by atoms with van der Waals surface area (Å²) in [7, 11) is 1.68. The molecule has 0 aliphatic carbocycles. The Hall–Kier alpha value is -2.37. The van der Waals surface area contributed by atoms with E-state index in [-0.39, 0.29) is 17.5 Å². The van der Waals surface area contributed by atoms with Crippen molar-refractivity contribution >= 4 is 5.91 Å². The Morgan fingerprint density at radius 2 is 2.12 bits per heavy atom. The number of carbonyl (C=O) groups is 1. The first-order valence-corrected chi connectivity index (χ1v) is 8.46. The molecular formula is C18H24N4O2. The molecule has 0 aromatic carbocycles. The van der Waals surface area contributed by atoms with Gasteiger partial charge < -0.3 is 14.0 Å². The lowest BCUT2D eigenvalue weighted by Crippen LogP contribution is -2.41. The molecule has 1 saturated heterocycles. The summed E-state index contributed by atoms with van der Waals surface area (Å²) in [5.74, 6) is 1.34. The maximum atomic E-state index is 12.8. The number of amides is 1. The van der Waals surface area contributed by atoms with Gasteiger partial charge in [-0.3, -0.25) is 9.59 Å². The van der Waals surface area contributed by atoms with Gasteiger partial charge in [-0.05, 0) is 18.9 Å². The Kier molecular flexibility index (Phi) is 4.55. The maximum Gasteiger partial charge on any atom is 0.254 e. The third-order valence-corrected chi connectivity index (χ3v) is 4.64. The number of hydrogen-bond acceptors (Lipinski definition) is 3. The first kappa shape index (κ1) is 16.5. The van der Waals surface area contributed by atoms with Crippen LogP contribution in [0.5, 0.6) is 0 Å². The summed E-state index contributed by atoms with van der Waals surface area (Å²) in [6.45, 7) is 5.65. The number of hydrogen-bond donors (Lipinski definition) is 0. The predicted octanol–water partition coefficient (Wildman–Crippen LogP) is 2.18. The van der Waals surface area contributed by atoms with Crippen molar-refractivity contribution in [1.82, 2.24) is 19.0 Å². The van der Waals surface area contributed by atoms with Gasteiger partial charge in [-0.2, -0.15) is 0 Å². The van der Waals surface area contributed by atoms with Gasteiger partial charge >= 0.3 is 0 Å². The molecule has 1 atom stereocenters. The highest BCUT2D eigenvalue weighted by molar-refractivity contribution is 5.94. The molecule has 1 amide bonds. The van der Waals surface area contributed by atoms with Gasteiger partial charge in [0.25, 0.3) is 11.5 Å². The van der Waals surface area contributed by atoms with Crippen LogP contribution in [0, 0.1) is 0 Å². The maximum absolute atomic E-state index is 12.8. The molecule has 128 valence electrons. The van der Waals surface area contributed by atoms with Crippen molar-refractivity contribution in [2.45, 2.75) is 38.6 Å². The second kappa shape index (κ2) is 6.63. The van der Waals surface area contributed by atoms with Crippen LogP contribution < -0.4 is 5.56 Å². The highest BCUT2D eigenvalue weighted by Crippen LogP contribution is 2.26. The zero-order valence-electron chi connectivity index (χ0n) is 14.5. The van der Waals surface area contributed by atoms with Crippen molar-refractivity contribution in [3.05, 3.63) is 52.5 Å². The number of piperidine rings is 1. The topological polar surface area (TPSA) is 60.1 Å². The van der Waals surface area contributed by atoms with E-state index in [1.54, 1.807) is 19.3 Å². The number of imidazole rings is 1. The number of rotatable bonds is 3. The van der Waals surface area contributed by atoms with Crippen molar-refractivity contribution in [3.63, 3.8) is 0 Å². The molecule has 2 aromatic rings. The van der Waals surface area contributed by atoms with Gasteiger partial charge in [0.2, 0.25) is 0 Å². The molecule has 1 aliphatic rings. The van der Waals surface area contributed by atoms with E-state index in [4.69, 9.17) is 0 Å². The lowest BCUT2D eigenvalue weighted by molar-refractivity contribution is 0.0677. The Bertz CT molecular complexity index is 790. The standard InChI is InChI=1S/C18H24N4O2/c1-13(2)17-19-7-10-22(17)15-5-4-8-21(12-15)18(24)14-6-9-20(3)16(23)11-14/h6-7,9-11,13,15H,4-5,8,12H2,1-3H3/t15-/m0/s1. The quantitative estimate of drug-likeness (QED) is 0.868. The molecule has 0 bridgehead atoms. The van der Waals surface area contributed by atoms with E-state index >= 15 is 0 Å². The lowest BCUT2D eigenvalue weighted by atomic mass is 10.0. The highest BCUT2D eigenvalue weighted by atomic mass is 16.2. The summed E-state index contributed by atoms with van der Waals surface area (Å²) in [6, 6.07) is 3.38. The summed E-state index contributed by atoms with van der Waals surface area (Å²) < 4.78 is 3.67. The minimum Gasteiger partial charge on any atom is -0.337 e. The van der Waals surface area contributed by atoms with Crippen molar-refractivity contribution in [2.24, 2.45) is 7.05 Å². The lowest BCUT2D eigenvalue weighted by Gasteiger charge is -2.34. The van der Waals surface area contributed by atoms with Crippen LogP contribution in [-0.2, 0) is 7.05 Å². The summed E-state index contributed by atoms with van der Waals surface area (Å²) >= 11 is 0. The van der Waals surface area contributed by atoms with Crippen LogP contribution in [0.15, 0.2) is 35.5 Å². The van der Waals surface area contributed by atoms with E-state index in [0.717, 1.165) is 25.2 Å². The average molecular weight is 328 g/mol. The van der Waals surface area contributed by atoms with Crippen LogP contribution in [-0.4, -0.2) is 38.0 Å². The molecule has 0 radical (unpaired) electrons. The summed E-state index contributed by atoms with van der Waals surface area (Å²) in [5.41, 5.74) is 0.305. The van der Waals surface area contributed by atoms with E-state index in [2.05, 4.69) is 23.4 Å². The molecule has 0 N–H and O–H groups in total. The second-order valence-electron chi connectivity index (χ2n) is 6.76. The second-order valence-corrected chi connectivity index (χ2v) is 6.76. The van der Waals surface area contributed by atoms with Crippen molar-refractivity contribution in [2.75, 3.05) is 13.1 Å². The molecular weight excluding hydrogens is 304 g/mol. The predicted molar refractivity (Wildman–Crippen MR) is 92.2 cm³/mol. The number of carbonyl (C=O) groups excluding carboxylic acids is 1. The van der Waals surface area contributed by atoms with E-state index < -0.39 is 0 Å². The molecule has 0 unspecified atom stereocenters. The minimum absolute atomic E-state index is 0.0661. The molecule has 0 spiro atoms. The largest absolute Gasteiger partial charge is 0.337 e. The minimum atomic E-state index is -0.161. The van der Waals surface area contributed by atoms with E-state index in [9.17, 15) is 9.59 Å². The molecule has 3 rings (SSSR count). The Balaban J connectivity index is 1.80. The van der Waals surface area contributed by atoms with Crippen molar-refractivity contribution < 1.29 is 4.79 Å². The number of likely N-dealkylation sites (tertiary alicyclic amines) is 1. The third kappa shape index (κ3) is 3.13. The van der Waals surface area contributed by atoms with Crippen molar-refractivity contribution in [3.8, 4) is 0 Å². The highest BCUT2D eigenvalue weighted by Gasteiger charge is 2.27. The summed E-state index contributed by atoms with van der Waals surface area (Å²) in [4.78, 5) is 30.8. The van der Waals surface area contributed by atoms with Crippen LogP contribution in [0.4, 0.5) is 0 Å². The fourth-order valence-electron chi connectivity index (χ4n) is 3.31. The first-order valence-electron chi connectivity index (χ1n) is 8.46. The van der Waals surface area contributed by atoms with Gasteiger partial charge in [0.1, 0.15) is 5.82 Å². The van der Waals surface area contributed by atoms with Gasteiger partial charge in [-0.1, -0.05) is 13.8 Å². The Morgan fingerprint density at radius 1 is 1.33 bits per heavy atom. The number of aryl methyl sites for hydroxylation is 1. The fraction of sp³-hybridized carbons (Fsp3) is 0.500. The van der Waals surface area contributed by atoms with Crippen LogP contribution in [0.3, 0.4) is 0 Å². The molecule has 24 heavy (non-hydrogen) atoms. The Morgan fingerprint density at radius 3 is 2.83 bits per heavy atom. The van der Waals surface area contributed by atoms with Crippen molar-refractivity contribution in [1.29, 1.82) is 0 Å². The zero-order valence-corrected chi connectivity index (χ0v) is 14.5. The van der Waals surface area contributed by atoms with Gasteiger partial charge in [0, 0.05) is 56.3 Å². The molecule has 1 fully saturated rings. The zero-order chi connectivity index (χ0) is 17.3. The first-order chi connectivity index (χ1) is 11.5. The monoisotopic (exact) mass is 328 g/mol. The van der Waals surface area contributed by atoms with E-state index in [1.807, 2.05) is 17.3 Å². The number of pyridine rings is 1. The molecule has 0 saturated carbocycles. The van der Waals surface area contributed by atoms with Crippen LogP contribution in [0.25, 0.3) is 0 Å². The van der Waals surface area contributed by atoms with Crippen LogP contribution in [0.1, 0.15) is 54.8 Å². The fourth-order valence-corrected chi connectivity index (χ4v) is 3.31. The van der Waals surface area contributed by atoms with E-state index in [1.165, 1.54) is 10.6 Å². The normalized spacial score (nSPS) is 18.2. The number of aromatic nitrogens is 3. The summed E-state index contributed by atoms with van der Waals surface area (Å²) in [5, 5.41) is 0. The SMILES string of the molecule is CC(C)c1nccn1[C@H]1CCCN(C(=O)c2ccn(C)c(=O)c2)C1. The molecule has 6 heteroatoms. The van der Waals surface area contributed by atoms with Crippen LogP contribution in [0.2, 0.25) is 0 Å². The molecule has 3 heterocycles.